The van der Waals surface area contributed by atoms with E-state index >= 15 is 0 Å². The van der Waals surface area contributed by atoms with Crippen molar-refractivity contribution in [3.8, 4) is 28.5 Å². The molecular weight excluding hydrogens is 434 g/mol. The summed E-state index contributed by atoms with van der Waals surface area (Å²) in [5, 5.41) is 10.5. The highest BCUT2D eigenvalue weighted by Crippen LogP contribution is 2.37. The maximum Gasteiger partial charge on any atom is 0.165 e. The van der Waals surface area contributed by atoms with Crippen LogP contribution in [0.1, 0.15) is 42.3 Å². The van der Waals surface area contributed by atoms with Crippen molar-refractivity contribution in [2.24, 2.45) is 4.99 Å². The lowest BCUT2D eigenvalue weighted by atomic mass is 9.92. The zero-order chi connectivity index (χ0) is 25.5. The van der Waals surface area contributed by atoms with Crippen LogP contribution in [0.4, 0.5) is 5.82 Å². The molecule has 4 rings (SSSR count). The fraction of sp³-hybridized carbons (Fsp3) is 0.207. The number of Topliss-reactive ketones (excluding diaryl/α,β-unsaturated/α-hetero) is 1. The first-order chi connectivity index (χ1) is 16.9. The van der Waals surface area contributed by atoms with Crippen LogP contribution in [0.2, 0.25) is 0 Å². The van der Waals surface area contributed by atoms with E-state index in [1.54, 1.807) is 23.5 Å². The Balaban J connectivity index is 0.00000167. The van der Waals surface area contributed by atoms with Crippen molar-refractivity contribution in [3.05, 3.63) is 77.5 Å². The van der Waals surface area contributed by atoms with Gasteiger partial charge in [0.1, 0.15) is 0 Å². The molecule has 176 valence electrons. The minimum Gasteiger partial charge on any atom is -0.369 e. The molecule has 0 spiro atoms. The third-order valence-electron chi connectivity index (χ3n) is 5.42. The molecule has 0 fully saturated rings. The first-order valence-corrected chi connectivity index (χ1v) is 11.5. The maximum absolute atomic E-state index is 12.5. The van der Waals surface area contributed by atoms with E-state index in [0.717, 1.165) is 33.2 Å². The van der Waals surface area contributed by atoms with Gasteiger partial charge in [0.2, 0.25) is 0 Å². The molecule has 0 aliphatic heterocycles. The van der Waals surface area contributed by atoms with Crippen LogP contribution in [0.25, 0.3) is 33.3 Å². The number of nitriles is 1. The summed E-state index contributed by atoms with van der Waals surface area (Å²) >= 11 is 0. The van der Waals surface area contributed by atoms with E-state index in [9.17, 15) is 10.1 Å². The smallest absolute Gasteiger partial charge is 0.165 e. The second-order valence-electron chi connectivity index (χ2n) is 8.02. The van der Waals surface area contributed by atoms with Crippen LogP contribution < -0.4 is 0 Å². The number of aromatic nitrogens is 2. The van der Waals surface area contributed by atoms with Gasteiger partial charge in [-0.3, -0.25) is 9.78 Å². The van der Waals surface area contributed by atoms with Crippen molar-refractivity contribution >= 4 is 28.8 Å². The van der Waals surface area contributed by atoms with Gasteiger partial charge in [-0.1, -0.05) is 38.1 Å². The first-order valence-electron chi connectivity index (χ1n) is 11.5. The standard InChI is InChI=1S/C27H23N5O.C2H6/c1-17-21(15-28)7-5-9-22(17)26-24(19-10-11-25-20(13-19)8-6-12-29-25)14-23(18(2)33)27(31-26)30-16-32(3)4;1-2/h5-14,16H,1-4H3;1-2H3/b30-16+;. The van der Waals surface area contributed by atoms with Crippen LogP contribution in [-0.2, 0) is 0 Å². The molecule has 0 N–H and O–H groups in total. The molecule has 0 aliphatic carbocycles. The number of carbonyl (C=O) groups is 1. The van der Waals surface area contributed by atoms with E-state index in [4.69, 9.17) is 4.98 Å². The summed E-state index contributed by atoms with van der Waals surface area (Å²) in [6.07, 6.45) is 3.38. The van der Waals surface area contributed by atoms with Crippen LogP contribution in [0, 0.1) is 18.3 Å². The maximum atomic E-state index is 12.5. The van der Waals surface area contributed by atoms with Gasteiger partial charge >= 0.3 is 0 Å². The molecule has 0 aliphatic rings. The normalized spacial score (nSPS) is 10.5. The summed E-state index contributed by atoms with van der Waals surface area (Å²) in [4.78, 5) is 28.1. The van der Waals surface area contributed by atoms with Gasteiger partial charge in [-0.05, 0) is 55.3 Å². The summed E-state index contributed by atoms with van der Waals surface area (Å²) in [6.45, 7) is 7.42. The lowest BCUT2D eigenvalue weighted by molar-refractivity contribution is 0.101. The van der Waals surface area contributed by atoms with Gasteiger partial charge < -0.3 is 4.90 Å². The molecule has 4 aromatic rings. The molecule has 6 heteroatoms. The number of carbonyl (C=O) groups excluding carboxylic acids is 1. The lowest BCUT2D eigenvalue weighted by Crippen LogP contribution is -2.08. The fourth-order valence-electron chi connectivity index (χ4n) is 3.71. The van der Waals surface area contributed by atoms with Gasteiger partial charge in [-0.2, -0.15) is 5.26 Å². The molecule has 2 aromatic heterocycles. The van der Waals surface area contributed by atoms with Crippen LogP contribution in [-0.4, -0.2) is 41.1 Å². The lowest BCUT2D eigenvalue weighted by Gasteiger charge is -2.16. The van der Waals surface area contributed by atoms with Crippen molar-refractivity contribution in [2.75, 3.05) is 14.1 Å². The number of benzene rings is 2. The number of rotatable bonds is 5. The van der Waals surface area contributed by atoms with Gasteiger partial charge in [0.25, 0.3) is 0 Å². The first kappa shape index (κ1) is 25.3. The van der Waals surface area contributed by atoms with Gasteiger partial charge in [-0.25, -0.2) is 9.98 Å². The molecule has 0 saturated heterocycles. The van der Waals surface area contributed by atoms with Crippen molar-refractivity contribution in [2.45, 2.75) is 27.7 Å². The molecule has 2 aromatic carbocycles. The molecule has 2 heterocycles. The van der Waals surface area contributed by atoms with E-state index in [2.05, 4.69) is 16.0 Å². The largest absolute Gasteiger partial charge is 0.369 e. The molecule has 0 amide bonds. The Hall–Kier alpha value is -4.37. The van der Waals surface area contributed by atoms with E-state index in [-0.39, 0.29) is 5.78 Å². The van der Waals surface area contributed by atoms with Crippen LogP contribution in [0.3, 0.4) is 0 Å². The third-order valence-corrected chi connectivity index (χ3v) is 5.42. The minimum atomic E-state index is -0.119. The van der Waals surface area contributed by atoms with Crippen molar-refractivity contribution in [1.29, 1.82) is 5.26 Å². The minimum absolute atomic E-state index is 0.119. The Morgan fingerprint density at radius 2 is 1.83 bits per heavy atom. The summed E-state index contributed by atoms with van der Waals surface area (Å²) < 4.78 is 0. The molecule has 0 unspecified atom stereocenters. The number of pyridine rings is 2. The molecule has 6 nitrogen and oxygen atoms in total. The van der Waals surface area contributed by atoms with Crippen molar-refractivity contribution in [1.82, 2.24) is 14.9 Å². The average molecular weight is 464 g/mol. The topological polar surface area (TPSA) is 82.2 Å². The predicted molar refractivity (Wildman–Crippen MR) is 143 cm³/mol. The molecule has 0 bridgehead atoms. The van der Waals surface area contributed by atoms with Gasteiger partial charge in [0.05, 0.1) is 34.7 Å². The third kappa shape index (κ3) is 5.42. The van der Waals surface area contributed by atoms with E-state index < -0.39 is 0 Å². The van der Waals surface area contributed by atoms with E-state index in [0.29, 0.717) is 22.6 Å². The van der Waals surface area contributed by atoms with Gasteiger partial charge in [-0.15, -0.1) is 0 Å². The van der Waals surface area contributed by atoms with Crippen molar-refractivity contribution < 1.29 is 4.79 Å². The Bertz CT molecular complexity index is 1450. The zero-order valence-electron chi connectivity index (χ0n) is 21.0. The molecular formula is C29H29N5O. The van der Waals surface area contributed by atoms with Crippen LogP contribution >= 0.6 is 0 Å². The Morgan fingerprint density at radius 3 is 2.51 bits per heavy atom. The Morgan fingerprint density at radius 1 is 1.06 bits per heavy atom. The quantitative estimate of drug-likeness (QED) is 0.189. The summed E-state index contributed by atoms with van der Waals surface area (Å²) in [7, 11) is 3.71. The average Bonchev–Trinajstić information content (AvgIpc) is 2.88. The highest BCUT2D eigenvalue weighted by molar-refractivity contribution is 6.02. The number of aliphatic imine (C=N–C) groups is 1. The SMILES string of the molecule is CC.CC(=O)c1cc(-c2ccc3ncccc3c2)c(-c2cccc(C#N)c2C)nc1/N=C/N(C)C. The summed E-state index contributed by atoms with van der Waals surface area (Å²) in [5.74, 6) is 0.227. The molecule has 35 heavy (non-hydrogen) atoms. The highest BCUT2D eigenvalue weighted by Gasteiger charge is 2.19. The predicted octanol–water partition coefficient (Wildman–Crippen LogP) is 6.59. The summed E-state index contributed by atoms with van der Waals surface area (Å²) in [6, 6.07) is 19.5. The van der Waals surface area contributed by atoms with Crippen molar-refractivity contribution in [3.63, 3.8) is 0 Å². The van der Waals surface area contributed by atoms with E-state index in [1.165, 1.54) is 6.92 Å². The van der Waals surface area contributed by atoms with E-state index in [1.807, 2.05) is 83.4 Å². The van der Waals surface area contributed by atoms with Crippen LogP contribution in [0.5, 0.6) is 0 Å². The zero-order valence-corrected chi connectivity index (χ0v) is 21.0. The number of fused-ring (bicyclic) bond motifs is 1. The fourth-order valence-corrected chi connectivity index (χ4v) is 3.71. The van der Waals surface area contributed by atoms with Crippen LogP contribution in [0.15, 0.2) is 65.8 Å². The molecule has 0 atom stereocenters. The Labute approximate surface area is 206 Å². The number of nitrogens with zero attached hydrogens (tertiary/aromatic N) is 5. The van der Waals surface area contributed by atoms with Gasteiger partial charge in [0, 0.05) is 36.8 Å². The number of ketones is 1. The number of hydrogen-bond acceptors (Lipinski definition) is 5. The van der Waals surface area contributed by atoms with Gasteiger partial charge in [0.15, 0.2) is 11.6 Å². The number of hydrogen-bond donors (Lipinski definition) is 0. The second kappa shape index (κ2) is 11.2. The Kier molecular flexibility index (Phi) is 8.06. The monoisotopic (exact) mass is 463 g/mol. The molecule has 0 saturated carbocycles. The summed E-state index contributed by atoms with van der Waals surface area (Å²) in [5.41, 5.74) is 5.93. The highest BCUT2D eigenvalue weighted by atomic mass is 16.1. The molecule has 0 radical (unpaired) electrons. The second-order valence-corrected chi connectivity index (χ2v) is 8.02.